The summed E-state index contributed by atoms with van der Waals surface area (Å²) < 4.78 is 10.1. The molecule has 2 aromatic carbocycles. The minimum atomic E-state index is -1.33. The summed E-state index contributed by atoms with van der Waals surface area (Å²) in [7, 11) is 0. The van der Waals surface area contributed by atoms with Crippen molar-refractivity contribution in [3.8, 4) is 11.5 Å². The highest BCUT2D eigenvalue weighted by Crippen LogP contribution is 2.14. The lowest BCUT2D eigenvalue weighted by Gasteiger charge is -2.08. The van der Waals surface area contributed by atoms with Crippen molar-refractivity contribution in [1.29, 1.82) is 0 Å². The van der Waals surface area contributed by atoms with Gasteiger partial charge in [-0.2, -0.15) is 0 Å². The Bertz CT molecular complexity index is 806. The average molecular weight is 340 g/mol. The summed E-state index contributed by atoms with van der Waals surface area (Å²) in [4.78, 5) is 42.6. The second-order valence-corrected chi connectivity index (χ2v) is 4.43. The van der Waals surface area contributed by atoms with Gasteiger partial charge in [0.05, 0.1) is 0 Å². The molecular weight excluding hydrogens is 328 g/mol. The summed E-state index contributed by atoms with van der Waals surface area (Å²) in [5.41, 5.74) is 0. The first kappa shape index (κ1) is 17.5. The summed E-state index contributed by atoms with van der Waals surface area (Å²) >= 11 is 0. The van der Waals surface area contributed by atoms with Gasteiger partial charge in [0.2, 0.25) is 5.76 Å². The van der Waals surface area contributed by atoms with Crippen LogP contribution in [0.1, 0.15) is 0 Å². The highest BCUT2D eigenvalue weighted by molar-refractivity contribution is 5.95. The third kappa shape index (κ3) is 5.38. The first-order valence-electron chi connectivity index (χ1n) is 6.93. The van der Waals surface area contributed by atoms with Gasteiger partial charge in [-0.1, -0.05) is 36.4 Å². The molecule has 0 aliphatic rings. The van der Waals surface area contributed by atoms with Gasteiger partial charge in [0, 0.05) is 0 Å². The minimum Gasteiger partial charge on any atom is -0.450 e. The van der Waals surface area contributed by atoms with E-state index in [1.54, 1.807) is 48.5 Å². The topological polar surface area (TPSA) is 88.1 Å². The van der Waals surface area contributed by atoms with E-state index in [0.29, 0.717) is 5.75 Å². The third-order valence-electron chi connectivity index (χ3n) is 2.65. The number of benzene rings is 2. The van der Waals surface area contributed by atoms with Crippen molar-refractivity contribution in [2.24, 2.45) is 0 Å². The van der Waals surface area contributed by atoms with E-state index < -0.39 is 23.5 Å². The summed E-state index contributed by atoms with van der Waals surface area (Å²) in [6.07, 6.45) is 0. The Morgan fingerprint density at radius 1 is 0.760 bits per heavy atom. The normalized spacial score (nSPS) is 9.28. The smallest absolute Gasteiger partial charge is 0.432 e. The van der Waals surface area contributed by atoms with E-state index in [9.17, 15) is 14.4 Å². The fourth-order valence-electron chi connectivity index (χ4n) is 1.54. The molecule has 7 heteroatoms. The lowest BCUT2D eigenvalue weighted by molar-refractivity contribution is -0.255. The predicted molar refractivity (Wildman–Crippen MR) is 84.7 cm³/mol. The van der Waals surface area contributed by atoms with Crippen LogP contribution in [0, 0.1) is 0 Å². The number of hydrogen-bond acceptors (Lipinski definition) is 7. The van der Waals surface area contributed by atoms with Gasteiger partial charge in [0.25, 0.3) is 0 Å². The molecule has 0 spiro atoms. The number of rotatable bonds is 6. The van der Waals surface area contributed by atoms with Gasteiger partial charge < -0.3 is 9.47 Å². The molecule has 0 bridgehead atoms. The van der Waals surface area contributed by atoms with Crippen LogP contribution in [-0.4, -0.2) is 17.9 Å². The first-order chi connectivity index (χ1) is 12.1. The molecule has 0 saturated carbocycles. The largest absolute Gasteiger partial charge is 0.450 e. The van der Waals surface area contributed by atoms with Crippen LogP contribution >= 0.6 is 0 Å². The number of carbonyl (C=O) groups is 2. The van der Waals surface area contributed by atoms with E-state index in [1.165, 1.54) is 18.1 Å². The molecule has 2 aromatic rings. The van der Waals surface area contributed by atoms with Crippen molar-refractivity contribution in [3.63, 3.8) is 0 Å². The summed E-state index contributed by atoms with van der Waals surface area (Å²) in [6.45, 7) is 3.36. The molecule has 0 saturated heterocycles. The van der Waals surface area contributed by atoms with E-state index in [4.69, 9.17) is 9.47 Å². The molecule has 0 N–H and O–H groups in total. The van der Waals surface area contributed by atoms with Crippen LogP contribution in [0.4, 0.5) is 0 Å². The Morgan fingerprint density at radius 2 is 1.24 bits per heavy atom. The lowest BCUT2D eigenvalue weighted by Crippen LogP contribution is -2.19. The standard InChI is InChI=1S/C18H12O7/c1-13(22-14-8-4-2-5-9-14)17(20)24-25-18(21)16(12-19)23-15-10-6-3-7-11-15/h2-11H,1H2. The molecule has 0 aliphatic heterocycles. The van der Waals surface area contributed by atoms with Gasteiger partial charge >= 0.3 is 17.7 Å². The fourth-order valence-corrected chi connectivity index (χ4v) is 1.54. The molecule has 25 heavy (non-hydrogen) atoms. The zero-order chi connectivity index (χ0) is 18.1. The van der Waals surface area contributed by atoms with E-state index in [-0.39, 0.29) is 5.75 Å². The summed E-state index contributed by atoms with van der Waals surface area (Å²) in [5.74, 6) is -1.89. The lowest BCUT2D eigenvalue weighted by atomic mass is 10.3. The van der Waals surface area contributed by atoms with E-state index >= 15 is 0 Å². The Hall–Kier alpha value is -3.83. The quantitative estimate of drug-likeness (QED) is 0.262. The maximum absolute atomic E-state index is 11.7. The highest BCUT2D eigenvalue weighted by atomic mass is 17.2. The molecule has 0 atom stereocenters. The van der Waals surface area contributed by atoms with Crippen LogP contribution in [0.25, 0.3) is 0 Å². The summed E-state index contributed by atoms with van der Waals surface area (Å²) in [6, 6.07) is 16.3. The van der Waals surface area contributed by atoms with Crippen molar-refractivity contribution in [2.45, 2.75) is 0 Å². The Kier molecular flexibility index (Phi) is 6.11. The zero-order valence-corrected chi connectivity index (χ0v) is 12.8. The van der Waals surface area contributed by atoms with Crippen LogP contribution in [0.15, 0.2) is 78.8 Å². The molecule has 0 radical (unpaired) electrons. The van der Waals surface area contributed by atoms with Crippen LogP contribution < -0.4 is 9.47 Å². The van der Waals surface area contributed by atoms with E-state index in [1.807, 2.05) is 0 Å². The van der Waals surface area contributed by atoms with Crippen molar-refractivity contribution in [2.75, 3.05) is 0 Å². The van der Waals surface area contributed by atoms with Gasteiger partial charge in [-0.05, 0) is 30.8 Å². The number of hydrogen-bond donors (Lipinski definition) is 0. The van der Waals surface area contributed by atoms with Crippen LogP contribution in [0.3, 0.4) is 0 Å². The second-order valence-electron chi connectivity index (χ2n) is 4.43. The average Bonchev–Trinajstić information content (AvgIpc) is 2.65. The minimum absolute atomic E-state index is 0.209. The molecule has 126 valence electrons. The molecular formula is C18H12O7. The number of para-hydroxylation sites is 2. The highest BCUT2D eigenvalue weighted by Gasteiger charge is 2.21. The second kappa shape index (κ2) is 8.71. The van der Waals surface area contributed by atoms with E-state index in [0.717, 1.165) is 0 Å². The van der Waals surface area contributed by atoms with Gasteiger partial charge in [0.15, 0.2) is 5.94 Å². The molecule has 0 amide bonds. The van der Waals surface area contributed by atoms with Crippen LogP contribution in [-0.2, 0) is 24.2 Å². The van der Waals surface area contributed by atoms with Crippen LogP contribution in [0.5, 0.6) is 11.5 Å². The van der Waals surface area contributed by atoms with Gasteiger partial charge in [-0.25, -0.2) is 24.2 Å². The Balaban J connectivity index is 1.86. The molecule has 0 fully saturated rings. The zero-order valence-electron chi connectivity index (χ0n) is 12.8. The molecule has 0 aromatic heterocycles. The Labute approximate surface area is 142 Å². The SMILES string of the molecule is C=C(Oc1ccccc1)C(=O)OOC(=O)C(=C=O)Oc1ccccc1. The van der Waals surface area contributed by atoms with Crippen molar-refractivity contribution in [3.05, 3.63) is 78.8 Å². The molecule has 0 unspecified atom stereocenters. The molecule has 0 heterocycles. The van der Waals surface area contributed by atoms with Crippen molar-refractivity contribution < 1.29 is 33.6 Å². The predicted octanol–water partition coefficient (Wildman–Crippen LogP) is 2.38. The fraction of sp³-hybridized carbons (Fsp3) is 0. The van der Waals surface area contributed by atoms with Gasteiger partial charge in [-0.3, -0.25) is 0 Å². The maximum Gasteiger partial charge on any atom is 0.432 e. The molecule has 7 nitrogen and oxygen atoms in total. The van der Waals surface area contributed by atoms with Crippen molar-refractivity contribution in [1.82, 2.24) is 0 Å². The summed E-state index contributed by atoms with van der Waals surface area (Å²) in [5, 5.41) is 0. The Morgan fingerprint density at radius 3 is 1.76 bits per heavy atom. The number of ether oxygens (including phenoxy) is 2. The first-order valence-corrected chi connectivity index (χ1v) is 6.93. The third-order valence-corrected chi connectivity index (χ3v) is 2.65. The van der Waals surface area contributed by atoms with Crippen LogP contribution in [0.2, 0.25) is 0 Å². The van der Waals surface area contributed by atoms with Gasteiger partial charge in [0.1, 0.15) is 11.5 Å². The molecule has 2 rings (SSSR count). The monoisotopic (exact) mass is 340 g/mol. The number of carbonyl (C=O) groups excluding carboxylic acids is 3. The molecule has 0 aliphatic carbocycles. The van der Waals surface area contributed by atoms with E-state index in [2.05, 4.69) is 16.4 Å². The van der Waals surface area contributed by atoms with Crippen molar-refractivity contribution >= 4 is 17.9 Å². The van der Waals surface area contributed by atoms with Gasteiger partial charge in [-0.15, -0.1) is 0 Å². The maximum atomic E-state index is 11.7.